The number of para-hydroxylation sites is 1. The van der Waals surface area contributed by atoms with E-state index in [4.69, 9.17) is 16.3 Å². The van der Waals surface area contributed by atoms with Gasteiger partial charge in [0.2, 0.25) is 0 Å². The van der Waals surface area contributed by atoms with Crippen molar-refractivity contribution in [3.8, 4) is 5.75 Å². The second-order valence-electron chi connectivity index (χ2n) is 4.72. The molecule has 1 N–H and O–H groups in total. The lowest BCUT2D eigenvalue weighted by Gasteiger charge is -2.14. The zero-order valence-corrected chi connectivity index (χ0v) is 12.2. The van der Waals surface area contributed by atoms with Gasteiger partial charge in [-0.1, -0.05) is 41.9 Å². The number of aliphatic hydroxyl groups is 1. The molecule has 3 aromatic rings. The van der Waals surface area contributed by atoms with Crippen LogP contribution in [0.5, 0.6) is 5.75 Å². The summed E-state index contributed by atoms with van der Waals surface area (Å²) in [6, 6.07) is 14.9. The van der Waals surface area contributed by atoms with Crippen molar-refractivity contribution in [1.29, 1.82) is 0 Å². The van der Waals surface area contributed by atoms with Crippen molar-refractivity contribution < 1.29 is 9.84 Å². The van der Waals surface area contributed by atoms with E-state index in [9.17, 15) is 5.11 Å². The number of pyridine rings is 1. The van der Waals surface area contributed by atoms with Crippen LogP contribution >= 0.6 is 11.6 Å². The molecule has 0 saturated carbocycles. The molecule has 0 amide bonds. The van der Waals surface area contributed by atoms with Crippen LogP contribution in [0.3, 0.4) is 0 Å². The highest BCUT2D eigenvalue weighted by Gasteiger charge is 2.15. The van der Waals surface area contributed by atoms with Gasteiger partial charge in [0.05, 0.1) is 17.6 Å². The van der Waals surface area contributed by atoms with Crippen LogP contribution in [0.15, 0.2) is 54.7 Å². The summed E-state index contributed by atoms with van der Waals surface area (Å²) in [6.07, 6.45) is 0.937. The molecule has 1 aromatic heterocycles. The Morgan fingerprint density at radius 3 is 2.71 bits per heavy atom. The quantitative estimate of drug-likeness (QED) is 0.795. The van der Waals surface area contributed by atoms with Crippen molar-refractivity contribution in [2.24, 2.45) is 0 Å². The summed E-state index contributed by atoms with van der Waals surface area (Å²) in [5.74, 6) is 0.587. The number of fused-ring (bicyclic) bond motifs is 1. The van der Waals surface area contributed by atoms with Gasteiger partial charge in [-0.3, -0.25) is 4.98 Å². The van der Waals surface area contributed by atoms with E-state index in [1.54, 1.807) is 31.5 Å². The zero-order valence-electron chi connectivity index (χ0n) is 11.5. The van der Waals surface area contributed by atoms with Crippen LogP contribution in [0.2, 0.25) is 5.02 Å². The van der Waals surface area contributed by atoms with E-state index in [2.05, 4.69) is 4.98 Å². The number of aliphatic hydroxyl groups excluding tert-OH is 1. The van der Waals surface area contributed by atoms with E-state index < -0.39 is 6.10 Å². The first-order chi connectivity index (χ1) is 10.2. The minimum absolute atomic E-state index is 0.474. The van der Waals surface area contributed by atoms with Gasteiger partial charge in [0.1, 0.15) is 11.9 Å². The first-order valence-electron chi connectivity index (χ1n) is 6.56. The summed E-state index contributed by atoms with van der Waals surface area (Å²) in [7, 11) is 1.56. The third-order valence-corrected chi connectivity index (χ3v) is 3.75. The third kappa shape index (κ3) is 2.58. The molecule has 0 spiro atoms. The van der Waals surface area contributed by atoms with Crippen LogP contribution in [0.1, 0.15) is 17.2 Å². The van der Waals surface area contributed by atoms with Crippen LogP contribution in [0, 0.1) is 0 Å². The number of methoxy groups -OCH3 is 1. The zero-order chi connectivity index (χ0) is 14.8. The average Bonchev–Trinajstić information content (AvgIpc) is 2.53. The molecule has 0 aliphatic carbocycles. The molecule has 0 aliphatic heterocycles. The number of hydrogen-bond donors (Lipinski definition) is 1. The van der Waals surface area contributed by atoms with Crippen LogP contribution in [-0.2, 0) is 0 Å². The Morgan fingerprint density at radius 1 is 1.14 bits per heavy atom. The lowest BCUT2D eigenvalue weighted by atomic mass is 9.99. The van der Waals surface area contributed by atoms with Crippen LogP contribution in [-0.4, -0.2) is 17.2 Å². The van der Waals surface area contributed by atoms with Crippen LogP contribution < -0.4 is 4.74 Å². The molecule has 0 bridgehead atoms. The third-order valence-electron chi connectivity index (χ3n) is 3.45. The second-order valence-corrected chi connectivity index (χ2v) is 5.13. The van der Waals surface area contributed by atoms with E-state index >= 15 is 0 Å². The smallest absolute Gasteiger partial charge is 0.137 e. The van der Waals surface area contributed by atoms with Gasteiger partial charge in [-0.25, -0.2) is 0 Å². The van der Waals surface area contributed by atoms with Crippen molar-refractivity contribution in [2.75, 3.05) is 7.11 Å². The SMILES string of the molecule is COc1ccc(C(O)c2cccc3cccnc23)cc1Cl. The molecular formula is C17H14ClNO2. The molecule has 0 saturated heterocycles. The van der Waals surface area contributed by atoms with Gasteiger partial charge in [0.25, 0.3) is 0 Å². The first kappa shape index (κ1) is 13.9. The fraction of sp³-hybridized carbons (Fsp3) is 0.118. The molecule has 4 heteroatoms. The Labute approximate surface area is 127 Å². The van der Waals surface area contributed by atoms with E-state index in [0.29, 0.717) is 16.3 Å². The molecule has 106 valence electrons. The number of benzene rings is 2. The van der Waals surface area contributed by atoms with Gasteiger partial charge in [-0.2, -0.15) is 0 Å². The van der Waals surface area contributed by atoms with Crippen LogP contribution in [0.4, 0.5) is 0 Å². The van der Waals surface area contributed by atoms with E-state index in [1.165, 1.54) is 0 Å². The number of halogens is 1. The topological polar surface area (TPSA) is 42.4 Å². The normalized spacial score (nSPS) is 12.3. The van der Waals surface area contributed by atoms with Gasteiger partial charge in [0, 0.05) is 17.1 Å². The standard InChI is InChI=1S/C17H14ClNO2/c1-21-15-8-7-12(10-14(15)18)17(20)13-6-2-4-11-5-3-9-19-16(11)13/h2-10,17,20H,1H3. The van der Waals surface area contributed by atoms with Crippen molar-refractivity contribution in [2.45, 2.75) is 6.10 Å². The minimum Gasteiger partial charge on any atom is -0.495 e. The van der Waals surface area contributed by atoms with Gasteiger partial charge >= 0.3 is 0 Å². The number of rotatable bonds is 3. The Morgan fingerprint density at radius 2 is 1.95 bits per heavy atom. The van der Waals surface area contributed by atoms with Crippen molar-refractivity contribution in [3.05, 3.63) is 70.9 Å². The number of hydrogen-bond acceptors (Lipinski definition) is 3. The molecule has 1 unspecified atom stereocenters. The summed E-state index contributed by atoms with van der Waals surface area (Å²) in [6.45, 7) is 0. The Bertz CT molecular complexity index is 783. The predicted octanol–water partition coefficient (Wildman–Crippen LogP) is 3.98. The maximum atomic E-state index is 10.6. The molecule has 1 atom stereocenters. The first-order valence-corrected chi connectivity index (χ1v) is 6.93. The van der Waals surface area contributed by atoms with Gasteiger partial charge in [-0.05, 0) is 23.8 Å². The van der Waals surface area contributed by atoms with Crippen molar-refractivity contribution >= 4 is 22.5 Å². The maximum absolute atomic E-state index is 10.6. The Kier molecular flexibility index (Phi) is 3.78. The van der Waals surface area contributed by atoms with Gasteiger partial charge < -0.3 is 9.84 Å². The molecule has 0 fully saturated rings. The Balaban J connectivity index is 2.08. The molecule has 0 radical (unpaired) electrons. The monoisotopic (exact) mass is 299 g/mol. The second kappa shape index (κ2) is 5.72. The summed E-state index contributed by atoms with van der Waals surface area (Å²) >= 11 is 6.13. The summed E-state index contributed by atoms with van der Waals surface area (Å²) < 4.78 is 5.13. The fourth-order valence-electron chi connectivity index (χ4n) is 2.38. The predicted molar refractivity (Wildman–Crippen MR) is 83.8 cm³/mol. The Hall–Kier alpha value is -2.10. The molecule has 3 rings (SSSR count). The highest BCUT2D eigenvalue weighted by Crippen LogP contribution is 2.32. The lowest BCUT2D eigenvalue weighted by molar-refractivity contribution is 0.221. The maximum Gasteiger partial charge on any atom is 0.137 e. The molecule has 3 nitrogen and oxygen atoms in total. The van der Waals surface area contributed by atoms with Crippen molar-refractivity contribution in [1.82, 2.24) is 4.98 Å². The van der Waals surface area contributed by atoms with Gasteiger partial charge in [0.15, 0.2) is 0 Å². The largest absolute Gasteiger partial charge is 0.495 e. The fourth-order valence-corrected chi connectivity index (χ4v) is 2.65. The summed E-state index contributed by atoms with van der Waals surface area (Å²) in [5.41, 5.74) is 2.26. The van der Waals surface area contributed by atoms with Crippen molar-refractivity contribution in [3.63, 3.8) is 0 Å². The highest BCUT2D eigenvalue weighted by molar-refractivity contribution is 6.32. The van der Waals surface area contributed by atoms with Gasteiger partial charge in [-0.15, -0.1) is 0 Å². The molecule has 21 heavy (non-hydrogen) atoms. The molecule has 2 aromatic carbocycles. The minimum atomic E-state index is -0.785. The van der Waals surface area contributed by atoms with E-state index in [1.807, 2.05) is 30.3 Å². The summed E-state index contributed by atoms with van der Waals surface area (Å²) in [5, 5.41) is 12.1. The van der Waals surface area contributed by atoms with Crippen LogP contribution in [0.25, 0.3) is 10.9 Å². The number of aromatic nitrogens is 1. The number of nitrogens with zero attached hydrogens (tertiary/aromatic N) is 1. The van der Waals surface area contributed by atoms with E-state index in [0.717, 1.165) is 16.5 Å². The average molecular weight is 300 g/mol. The summed E-state index contributed by atoms with van der Waals surface area (Å²) in [4.78, 5) is 4.37. The number of ether oxygens (including phenoxy) is 1. The molecule has 0 aliphatic rings. The highest BCUT2D eigenvalue weighted by atomic mass is 35.5. The lowest BCUT2D eigenvalue weighted by Crippen LogP contribution is -2.01. The molecular weight excluding hydrogens is 286 g/mol. The van der Waals surface area contributed by atoms with E-state index in [-0.39, 0.29) is 0 Å². The molecule has 1 heterocycles.